The lowest BCUT2D eigenvalue weighted by atomic mass is 10.0. The van der Waals surface area contributed by atoms with Crippen molar-refractivity contribution in [2.24, 2.45) is 5.92 Å². The van der Waals surface area contributed by atoms with E-state index in [1.807, 2.05) is 18.2 Å². The third-order valence-corrected chi connectivity index (χ3v) is 3.65. The van der Waals surface area contributed by atoms with Gasteiger partial charge < -0.3 is 5.32 Å². The van der Waals surface area contributed by atoms with Gasteiger partial charge in [-0.2, -0.15) is 5.10 Å². The molecule has 1 unspecified atom stereocenters. The monoisotopic (exact) mass is 261 g/mol. The number of hydrogen-bond acceptors (Lipinski definition) is 2. The van der Waals surface area contributed by atoms with E-state index in [-0.39, 0.29) is 0 Å². The van der Waals surface area contributed by atoms with Crippen LogP contribution in [0.25, 0.3) is 0 Å². The highest BCUT2D eigenvalue weighted by molar-refractivity contribution is 6.30. The van der Waals surface area contributed by atoms with Gasteiger partial charge >= 0.3 is 0 Å². The molecular formula is C14H16ClN3. The van der Waals surface area contributed by atoms with Gasteiger partial charge in [-0.25, -0.2) is 0 Å². The third kappa shape index (κ3) is 2.74. The average Bonchev–Trinajstić information content (AvgIpc) is 3.08. The molecule has 1 aromatic heterocycles. The van der Waals surface area contributed by atoms with Gasteiger partial charge in [-0.05, 0) is 42.5 Å². The van der Waals surface area contributed by atoms with Crippen LogP contribution < -0.4 is 5.32 Å². The summed E-state index contributed by atoms with van der Waals surface area (Å²) in [6.07, 6.45) is 4.40. The minimum absolute atomic E-state index is 0.422. The Hall–Kier alpha value is -1.32. The topological polar surface area (TPSA) is 40.7 Å². The molecule has 3 rings (SSSR count). The van der Waals surface area contributed by atoms with Gasteiger partial charge in [-0.3, -0.25) is 5.10 Å². The Labute approximate surface area is 112 Å². The highest BCUT2D eigenvalue weighted by Gasteiger charge is 2.31. The van der Waals surface area contributed by atoms with E-state index in [4.69, 9.17) is 11.6 Å². The maximum absolute atomic E-state index is 5.94. The first kappa shape index (κ1) is 11.8. The SMILES string of the molecule is Clc1ccc(C(NCc2ccn[nH]2)C2CC2)cc1. The maximum atomic E-state index is 5.94. The zero-order valence-corrected chi connectivity index (χ0v) is 10.8. The van der Waals surface area contributed by atoms with E-state index >= 15 is 0 Å². The summed E-state index contributed by atoms with van der Waals surface area (Å²) < 4.78 is 0. The Kier molecular flexibility index (Phi) is 3.35. The molecule has 3 nitrogen and oxygen atoms in total. The fraction of sp³-hybridized carbons (Fsp3) is 0.357. The lowest BCUT2D eigenvalue weighted by Crippen LogP contribution is -2.22. The molecule has 0 saturated heterocycles. The van der Waals surface area contributed by atoms with Crippen molar-refractivity contribution in [3.8, 4) is 0 Å². The molecule has 1 fully saturated rings. The van der Waals surface area contributed by atoms with Gasteiger partial charge in [0.05, 0.1) is 0 Å². The molecule has 1 aromatic carbocycles. The first-order valence-electron chi connectivity index (χ1n) is 6.30. The number of hydrogen-bond donors (Lipinski definition) is 2. The lowest BCUT2D eigenvalue weighted by molar-refractivity contribution is 0.476. The molecule has 1 saturated carbocycles. The predicted octanol–water partition coefficient (Wildman–Crippen LogP) is 3.30. The van der Waals surface area contributed by atoms with Crippen molar-refractivity contribution in [3.63, 3.8) is 0 Å². The molecule has 0 spiro atoms. The van der Waals surface area contributed by atoms with Gasteiger partial charge in [0.15, 0.2) is 0 Å². The summed E-state index contributed by atoms with van der Waals surface area (Å²) in [4.78, 5) is 0. The molecule has 0 radical (unpaired) electrons. The summed E-state index contributed by atoms with van der Waals surface area (Å²) in [6, 6.07) is 10.6. The summed E-state index contributed by atoms with van der Waals surface area (Å²) in [5.41, 5.74) is 2.44. The number of aromatic amines is 1. The Morgan fingerprint density at radius 3 is 2.67 bits per heavy atom. The van der Waals surface area contributed by atoms with E-state index in [2.05, 4.69) is 27.6 Å². The Balaban J connectivity index is 1.70. The van der Waals surface area contributed by atoms with Gasteiger partial charge in [-0.1, -0.05) is 23.7 Å². The normalized spacial score (nSPS) is 16.7. The number of benzene rings is 1. The molecule has 18 heavy (non-hydrogen) atoms. The molecule has 94 valence electrons. The Morgan fingerprint density at radius 2 is 2.06 bits per heavy atom. The minimum atomic E-state index is 0.422. The van der Waals surface area contributed by atoms with Gasteiger partial charge in [-0.15, -0.1) is 0 Å². The largest absolute Gasteiger partial charge is 0.304 e. The zero-order chi connectivity index (χ0) is 12.4. The van der Waals surface area contributed by atoms with E-state index in [1.165, 1.54) is 18.4 Å². The van der Waals surface area contributed by atoms with E-state index < -0.39 is 0 Å². The van der Waals surface area contributed by atoms with Crippen LogP contribution in [0.3, 0.4) is 0 Å². The predicted molar refractivity (Wildman–Crippen MR) is 72.3 cm³/mol. The molecule has 1 atom stereocenters. The molecule has 0 aliphatic heterocycles. The standard InChI is InChI=1S/C14H16ClN3/c15-12-5-3-11(4-6-12)14(10-1-2-10)16-9-13-7-8-17-18-13/h3-8,10,14,16H,1-2,9H2,(H,17,18). The second-order valence-electron chi connectivity index (χ2n) is 4.83. The van der Waals surface area contributed by atoms with E-state index in [9.17, 15) is 0 Å². The van der Waals surface area contributed by atoms with Gasteiger partial charge in [0.2, 0.25) is 0 Å². The molecule has 2 aromatic rings. The van der Waals surface area contributed by atoms with Crippen LogP contribution in [0.2, 0.25) is 5.02 Å². The number of nitrogens with one attached hydrogen (secondary N) is 2. The summed E-state index contributed by atoms with van der Waals surface area (Å²) in [7, 11) is 0. The highest BCUT2D eigenvalue weighted by atomic mass is 35.5. The van der Waals surface area contributed by atoms with Crippen molar-refractivity contribution >= 4 is 11.6 Å². The van der Waals surface area contributed by atoms with Crippen LogP contribution in [0, 0.1) is 5.92 Å². The smallest absolute Gasteiger partial charge is 0.0490 e. The zero-order valence-electron chi connectivity index (χ0n) is 10.1. The molecule has 1 aliphatic rings. The molecule has 4 heteroatoms. The second kappa shape index (κ2) is 5.12. The van der Waals surface area contributed by atoms with Crippen molar-refractivity contribution in [3.05, 3.63) is 52.8 Å². The Bertz CT molecular complexity index is 488. The third-order valence-electron chi connectivity index (χ3n) is 3.39. The number of aromatic nitrogens is 2. The number of H-pyrrole nitrogens is 1. The quantitative estimate of drug-likeness (QED) is 0.867. The van der Waals surface area contributed by atoms with Crippen molar-refractivity contribution < 1.29 is 0 Å². The number of rotatable bonds is 5. The van der Waals surface area contributed by atoms with Crippen LogP contribution in [0.4, 0.5) is 0 Å². The number of halogens is 1. The second-order valence-corrected chi connectivity index (χ2v) is 5.27. The lowest BCUT2D eigenvalue weighted by Gasteiger charge is -2.18. The first-order chi connectivity index (χ1) is 8.83. The van der Waals surface area contributed by atoms with Crippen molar-refractivity contribution in [2.75, 3.05) is 0 Å². The fourth-order valence-corrected chi connectivity index (χ4v) is 2.39. The molecule has 1 heterocycles. The van der Waals surface area contributed by atoms with E-state index in [1.54, 1.807) is 6.20 Å². The molecule has 2 N–H and O–H groups in total. The molecule has 0 amide bonds. The molecule has 1 aliphatic carbocycles. The van der Waals surface area contributed by atoms with Gasteiger partial charge in [0.1, 0.15) is 0 Å². The molecule has 0 bridgehead atoms. The average molecular weight is 262 g/mol. The minimum Gasteiger partial charge on any atom is -0.304 e. The summed E-state index contributed by atoms with van der Waals surface area (Å²) in [5.74, 6) is 0.758. The van der Waals surface area contributed by atoms with Crippen LogP contribution in [-0.2, 0) is 6.54 Å². The van der Waals surface area contributed by atoms with Crippen molar-refractivity contribution in [2.45, 2.75) is 25.4 Å². The van der Waals surface area contributed by atoms with Crippen LogP contribution in [0.5, 0.6) is 0 Å². The van der Waals surface area contributed by atoms with Crippen molar-refractivity contribution in [1.29, 1.82) is 0 Å². The van der Waals surface area contributed by atoms with Crippen LogP contribution in [-0.4, -0.2) is 10.2 Å². The summed E-state index contributed by atoms with van der Waals surface area (Å²) >= 11 is 5.94. The van der Waals surface area contributed by atoms with Gasteiger partial charge in [0, 0.05) is 29.5 Å². The highest BCUT2D eigenvalue weighted by Crippen LogP contribution is 2.41. The Morgan fingerprint density at radius 1 is 1.28 bits per heavy atom. The first-order valence-corrected chi connectivity index (χ1v) is 6.68. The van der Waals surface area contributed by atoms with Gasteiger partial charge in [0.25, 0.3) is 0 Å². The van der Waals surface area contributed by atoms with Crippen LogP contribution >= 0.6 is 11.6 Å². The maximum Gasteiger partial charge on any atom is 0.0490 e. The molecular weight excluding hydrogens is 246 g/mol. The number of nitrogens with zero attached hydrogens (tertiary/aromatic N) is 1. The summed E-state index contributed by atoms with van der Waals surface area (Å²) in [5, 5.41) is 11.3. The van der Waals surface area contributed by atoms with Crippen molar-refractivity contribution in [1.82, 2.24) is 15.5 Å². The van der Waals surface area contributed by atoms with E-state index in [0.717, 1.165) is 23.2 Å². The van der Waals surface area contributed by atoms with Crippen LogP contribution in [0.1, 0.15) is 30.1 Å². The fourth-order valence-electron chi connectivity index (χ4n) is 2.26. The van der Waals surface area contributed by atoms with E-state index in [0.29, 0.717) is 6.04 Å². The summed E-state index contributed by atoms with van der Waals surface area (Å²) in [6.45, 7) is 0.823. The van der Waals surface area contributed by atoms with Crippen LogP contribution in [0.15, 0.2) is 36.5 Å².